The molecule has 1 N–H and O–H groups in total. The van der Waals surface area contributed by atoms with Crippen molar-refractivity contribution in [3.8, 4) is 28.3 Å². The molecule has 0 radical (unpaired) electrons. The van der Waals surface area contributed by atoms with E-state index in [1.54, 1.807) is 7.11 Å². The van der Waals surface area contributed by atoms with Crippen molar-refractivity contribution in [1.29, 1.82) is 0 Å². The Bertz CT molecular complexity index is 1100. The maximum absolute atomic E-state index is 5.93. The standard InChI is InChI=1S/C22H19N3O2S/c1-26-19-13-9-18(10-14-19)25-21(23-24-22(25)28)15-27-20-11-7-17(8-12-20)16-5-3-2-4-6-16/h2-14H,15H2,1H3,(H,24,28). The van der Waals surface area contributed by atoms with E-state index in [1.165, 1.54) is 5.56 Å². The Morgan fingerprint density at radius 2 is 1.50 bits per heavy atom. The first-order valence-electron chi connectivity index (χ1n) is 8.83. The van der Waals surface area contributed by atoms with Gasteiger partial charge in [-0.3, -0.25) is 9.67 Å². The second-order valence-electron chi connectivity index (χ2n) is 6.16. The molecule has 0 bridgehead atoms. The average Bonchev–Trinajstić information content (AvgIpc) is 3.13. The molecule has 6 heteroatoms. The number of methoxy groups -OCH3 is 1. The van der Waals surface area contributed by atoms with Gasteiger partial charge in [0.1, 0.15) is 18.1 Å². The number of nitrogens with zero attached hydrogens (tertiary/aromatic N) is 2. The van der Waals surface area contributed by atoms with Crippen LogP contribution in [0.5, 0.6) is 11.5 Å². The van der Waals surface area contributed by atoms with Gasteiger partial charge in [-0.15, -0.1) is 0 Å². The van der Waals surface area contributed by atoms with Gasteiger partial charge in [0.05, 0.1) is 12.8 Å². The number of aromatic amines is 1. The van der Waals surface area contributed by atoms with Crippen LogP contribution in [-0.2, 0) is 6.61 Å². The zero-order chi connectivity index (χ0) is 19.3. The van der Waals surface area contributed by atoms with Crippen LogP contribution in [0, 0.1) is 4.77 Å². The van der Waals surface area contributed by atoms with Crippen LogP contribution in [-0.4, -0.2) is 21.9 Å². The monoisotopic (exact) mass is 389 g/mol. The van der Waals surface area contributed by atoms with Crippen LogP contribution < -0.4 is 9.47 Å². The smallest absolute Gasteiger partial charge is 0.199 e. The molecule has 0 unspecified atom stereocenters. The van der Waals surface area contributed by atoms with Gasteiger partial charge in [-0.2, -0.15) is 5.10 Å². The molecule has 28 heavy (non-hydrogen) atoms. The quantitative estimate of drug-likeness (QED) is 0.462. The third-order valence-electron chi connectivity index (χ3n) is 4.40. The lowest BCUT2D eigenvalue weighted by atomic mass is 10.1. The molecule has 0 saturated heterocycles. The van der Waals surface area contributed by atoms with Crippen molar-refractivity contribution in [1.82, 2.24) is 14.8 Å². The normalized spacial score (nSPS) is 10.6. The predicted octanol–water partition coefficient (Wildman–Crippen LogP) is 5.18. The second kappa shape index (κ2) is 8.10. The van der Waals surface area contributed by atoms with Crippen molar-refractivity contribution in [3.63, 3.8) is 0 Å². The lowest BCUT2D eigenvalue weighted by molar-refractivity contribution is 0.293. The van der Waals surface area contributed by atoms with Crippen molar-refractivity contribution in [3.05, 3.63) is 89.5 Å². The molecule has 0 spiro atoms. The molecule has 5 nitrogen and oxygen atoms in total. The van der Waals surface area contributed by atoms with Crippen molar-refractivity contribution in [2.24, 2.45) is 0 Å². The van der Waals surface area contributed by atoms with Gasteiger partial charge in [0.25, 0.3) is 0 Å². The summed E-state index contributed by atoms with van der Waals surface area (Å²) < 4.78 is 13.5. The molecular weight excluding hydrogens is 370 g/mol. The lowest BCUT2D eigenvalue weighted by Crippen LogP contribution is -2.05. The zero-order valence-electron chi connectivity index (χ0n) is 15.3. The number of nitrogens with one attached hydrogen (secondary N) is 1. The van der Waals surface area contributed by atoms with Crippen LogP contribution >= 0.6 is 12.2 Å². The van der Waals surface area contributed by atoms with Crippen LogP contribution in [0.25, 0.3) is 16.8 Å². The Morgan fingerprint density at radius 1 is 0.857 bits per heavy atom. The van der Waals surface area contributed by atoms with E-state index < -0.39 is 0 Å². The molecular formula is C22H19N3O2S. The van der Waals surface area contributed by atoms with E-state index in [9.17, 15) is 0 Å². The Kier molecular flexibility index (Phi) is 5.21. The topological polar surface area (TPSA) is 52.1 Å². The SMILES string of the molecule is COc1ccc(-n2c(COc3ccc(-c4ccccc4)cc3)n[nH]c2=S)cc1. The van der Waals surface area contributed by atoms with Gasteiger partial charge in [-0.05, 0) is 59.7 Å². The Balaban J connectivity index is 1.50. The number of H-pyrrole nitrogens is 1. The summed E-state index contributed by atoms with van der Waals surface area (Å²) in [7, 11) is 1.64. The molecule has 0 saturated carbocycles. The Labute approximate surface area is 168 Å². The first-order chi connectivity index (χ1) is 13.7. The van der Waals surface area contributed by atoms with Gasteiger partial charge in [0.15, 0.2) is 10.6 Å². The number of benzene rings is 3. The van der Waals surface area contributed by atoms with Gasteiger partial charge in [0, 0.05) is 0 Å². The predicted molar refractivity (Wildman–Crippen MR) is 112 cm³/mol. The van der Waals surface area contributed by atoms with E-state index >= 15 is 0 Å². The molecule has 3 aromatic carbocycles. The molecule has 1 heterocycles. The Hall–Kier alpha value is -3.38. The second-order valence-corrected chi connectivity index (χ2v) is 6.54. The summed E-state index contributed by atoms with van der Waals surface area (Å²) in [4.78, 5) is 0. The Morgan fingerprint density at radius 3 is 2.18 bits per heavy atom. The van der Waals surface area contributed by atoms with Gasteiger partial charge >= 0.3 is 0 Å². The largest absolute Gasteiger partial charge is 0.497 e. The number of aromatic nitrogens is 3. The molecule has 0 aliphatic heterocycles. The maximum atomic E-state index is 5.93. The minimum atomic E-state index is 0.295. The van der Waals surface area contributed by atoms with Crippen LogP contribution in [0.2, 0.25) is 0 Å². The molecule has 0 aliphatic carbocycles. The molecule has 4 rings (SSSR count). The third kappa shape index (κ3) is 3.82. The maximum Gasteiger partial charge on any atom is 0.199 e. The van der Waals surface area contributed by atoms with Crippen molar-refractivity contribution in [2.75, 3.05) is 7.11 Å². The molecule has 140 valence electrons. The fourth-order valence-corrected chi connectivity index (χ4v) is 3.20. The number of hydrogen-bond donors (Lipinski definition) is 1. The lowest BCUT2D eigenvalue weighted by Gasteiger charge is -2.10. The first-order valence-corrected chi connectivity index (χ1v) is 9.24. The van der Waals surface area contributed by atoms with Crippen molar-refractivity contribution in [2.45, 2.75) is 6.61 Å². The van der Waals surface area contributed by atoms with Crippen LogP contribution in [0.3, 0.4) is 0 Å². The minimum absolute atomic E-state index is 0.295. The highest BCUT2D eigenvalue weighted by molar-refractivity contribution is 7.71. The highest BCUT2D eigenvalue weighted by atomic mass is 32.1. The molecule has 0 fully saturated rings. The van der Waals surface area contributed by atoms with E-state index in [-0.39, 0.29) is 0 Å². The van der Waals surface area contributed by atoms with Gasteiger partial charge in [-0.25, -0.2) is 0 Å². The summed E-state index contributed by atoms with van der Waals surface area (Å²) in [6.45, 7) is 0.295. The number of ether oxygens (including phenoxy) is 2. The fourth-order valence-electron chi connectivity index (χ4n) is 2.95. The van der Waals surface area contributed by atoms with Gasteiger partial charge in [-0.1, -0.05) is 42.5 Å². The van der Waals surface area contributed by atoms with Gasteiger partial charge < -0.3 is 9.47 Å². The molecule has 0 amide bonds. The summed E-state index contributed by atoms with van der Waals surface area (Å²) in [5.74, 6) is 2.26. The summed E-state index contributed by atoms with van der Waals surface area (Å²) in [6.07, 6.45) is 0. The number of hydrogen-bond acceptors (Lipinski definition) is 4. The molecule has 1 aromatic heterocycles. The highest BCUT2D eigenvalue weighted by Crippen LogP contribution is 2.23. The summed E-state index contributed by atoms with van der Waals surface area (Å²) in [5.41, 5.74) is 3.22. The highest BCUT2D eigenvalue weighted by Gasteiger charge is 2.10. The van der Waals surface area contributed by atoms with Crippen molar-refractivity contribution < 1.29 is 9.47 Å². The van der Waals surface area contributed by atoms with Crippen LogP contribution in [0.1, 0.15) is 5.82 Å². The van der Waals surface area contributed by atoms with Crippen LogP contribution in [0.4, 0.5) is 0 Å². The third-order valence-corrected chi connectivity index (χ3v) is 4.68. The summed E-state index contributed by atoms with van der Waals surface area (Å²) in [5, 5.41) is 7.14. The summed E-state index contributed by atoms with van der Waals surface area (Å²) >= 11 is 5.38. The van der Waals surface area contributed by atoms with E-state index in [1.807, 2.05) is 71.3 Å². The van der Waals surface area contributed by atoms with E-state index in [0.29, 0.717) is 17.2 Å². The van der Waals surface area contributed by atoms with E-state index in [4.69, 9.17) is 21.7 Å². The summed E-state index contributed by atoms with van der Waals surface area (Å²) in [6, 6.07) is 25.9. The fraction of sp³-hybridized carbons (Fsp3) is 0.0909. The van der Waals surface area contributed by atoms with E-state index in [0.717, 1.165) is 22.7 Å². The molecule has 0 atom stereocenters. The van der Waals surface area contributed by atoms with Gasteiger partial charge in [0.2, 0.25) is 0 Å². The zero-order valence-corrected chi connectivity index (χ0v) is 16.1. The van der Waals surface area contributed by atoms with Crippen LogP contribution in [0.15, 0.2) is 78.9 Å². The average molecular weight is 389 g/mol. The van der Waals surface area contributed by atoms with Crippen molar-refractivity contribution >= 4 is 12.2 Å². The molecule has 0 aliphatic rings. The minimum Gasteiger partial charge on any atom is -0.497 e. The first kappa shape index (κ1) is 18.0. The number of rotatable bonds is 6. The van der Waals surface area contributed by atoms with E-state index in [2.05, 4.69) is 22.3 Å². The molecule has 4 aromatic rings.